The number of piperidine rings is 1. The van der Waals surface area contributed by atoms with Crippen LogP contribution >= 0.6 is 0 Å². The number of urea groups is 1. The number of amides is 2. The lowest BCUT2D eigenvalue weighted by Gasteiger charge is -2.37. The molecule has 1 N–H and O–H groups in total. The Hall–Kier alpha value is -2.37. The third kappa shape index (κ3) is 3.04. The highest BCUT2D eigenvalue weighted by Crippen LogP contribution is 2.34. The van der Waals surface area contributed by atoms with E-state index < -0.39 is 0 Å². The second kappa shape index (κ2) is 5.95. The lowest BCUT2D eigenvalue weighted by Crippen LogP contribution is -2.43. The van der Waals surface area contributed by atoms with Gasteiger partial charge in [0.05, 0.1) is 12.3 Å². The largest absolute Gasteiger partial charge is 0.467 e. The van der Waals surface area contributed by atoms with Gasteiger partial charge in [-0.1, -0.05) is 6.92 Å². The van der Waals surface area contributed by atoms with E-state index in [0.29, 0.717) is 18.3 Å². The Balaban J connectivity index is 1.76. The average molecular weight is 286 g/mol. The van der Waals surface area contributed by atoms with Crippen LogP contribution in [0, 0.1) is 5.92 Å². The first-order valence-corrected chi connectivity index (χ1v) is 7.13. The minimum atomic E-state index is -0.163. The number of nitrogens with zero attached hydrogens (tertiary/aromatic N) is 3. The SMILES string of the molecule is C[C@H]1CCN(C(=O)Nc2cccnn2)[C@H](c2ccco2)C1. The van der Waals surface area contributed by atoms with E-state index in [9.17, 15) is 4.79 Å². The zero-order valence-corrected chi connectivity index (χ0v) is 11.9. The molecule has 2 atom stereocenters. The number of anilines is 1. The Kier molecular flexibility index (Phi) is 3.85. The number of rotatable bonds is 2. The first kappa shape index (κ1) is 13.6. The summed E-state index contributed by atoms with van der Waals surface area (Å²) in [4.78, 5) is 14.3. The molecule has 3 heterocycles. The molecule has 0 aliphatic carbocycles. The molecule has 0 radical (unpaired) electrons. The summed E-state index contributed by atoms with van der Waals surface area (Å²) >= 11 is 0. The first-order chi connectivity index (χ1) is 10.2. The number of furan rings is 1. The highest BCUT2D eigenvalue weighted by atomic mass is 16.3. The fourth-order valence-corrected chi connectivity index (χ4v) is 2.68. The first-order valence-electron chi connectivity index (χ1n) is 7.13. The predicted molar refractivity (Wildman–Crippen MR) is 77.6 cm³/mol. The highest BCUT2D eigenvalue weighted by molar-refractivity contribution is 5.88. The lowest BCUT2D eigenvalue weighted by atomic mass is 9.91. The number of hydrogen-bond acceptors (Lipinski definition) is 4. The number of likely N-dealkylation sites (tertiary alicyclic amines) is 1. The third-order valence-corrected chi connectivity index (χ3v) is 3.80. The number of hydrogen-bond donors (Lipinski definition) is 1. The van der Waals surface area contributed by atoms with Crippen LogP contribution in [0.15, 0.2) is 41.1 Å². The molecule has 0 spiro atoms. The van der Waals surface area contributed by atoms with Crippen molar-refractivity contribution in [3.63, 3.8) is 0 Å². The monoisotopic (exact) mass is 286 g/mol. The average Bonchev–Trinajstić information content (AvgIpc) is 3.02. The molecule has 6 nitrogen and oxygen atoms in total. The highest BCUT2D eigenvalue weighted by Gasteiger charge is 2.32. The van der Waals surface area contributed by atoms with Crippen molar-refractivity contribution < 1.29 is 9.21 Å². The van der Waals surface area contributed by atoms with Crippen molar-refractivity contribution in [1.82, 2.24) is 15.1 Å². The second-order valence-electron chi connectivity index (χ2n) is 5.39. The lowest BCUT2D eigenvalue weighted by molar-refractivity contribution is 0.129. The Morgan fingerprint density at radius 1 is 1.43 bits per heavy atom. The van der Waals surface area contributed by atoms with Crippen LogP contribution in [0.2, 0.25) is 0 Å². The van der Waals surface area contributed by atoms with Crippen molar-refractivity contribution in [2.75, 3.05) is 11.9 Å². The van der Waals surface area contributed by atoms with E-state index in [1.54, 1.807) is 24.6 Å². The smallest absolute Gasteiger partial charge is 0.323 e. The van der Waals surface area contributed by atoms with Gasteiger partial charge in [0.2, 0.25) is 0 Å². The molecule has 1 aliphatic rings. The normalized spacial score (nSPS) is 22.0. The van der Waals surface area contributed by atoms with Crippen molar-refractivity contribution >= 4 is 11.8 Å². The van der Waals surface area contributed by atoms with Gasteiger partial charge in [0, 0.05) is 12.7 Å². The van der Waals surface area contributed by atoms with Gasteiger partial charge in [-0.15, -0.1) is 5.10 Å². The molecule has 0 unspecified atom stereocenters. The Bertz CT molecular complexity index is 585. The number of carbonyl (C=O) groups is 1. The summed E-state index contributed by atoms with van der Waals surface area (Å²) in [5, 5.41) is 10.4. The van der Waals surface area contributed by atoms with E-state index in [-0.39, 0.29) is 12.1 Å². The van der Waals surface area contributed by atoms with Gasteiger partial charge in [0.15, 0.2) is 5.82 Å². The van der Waals surface area contributed by atoms with Crippen molar-refractivity contribution in [3.05, 3.63) is 42.5 Å². The van der Waals surface area contributed by atoms with Crippen LogP contribution in [-0.2, 0) is 0 Å². The van der Waals surface area contributed by atoms with E-state index in [1.165, 1.54) is 0 Å². The van der Waals surface area contributed by atoms with Crippen LogP contribution in [-0.4, -0.2) is 27.7 Å². The molecule has 6 heteroatoms. The minimum Gasteiger partial charge on any atom is -0.467 e. The molecule has 0 aromatic carbocycles. The van der Waals surface area contributed by atoms with Crippen LogP contribution in [0.3, 0.4) is 0 Å². The molecule has 3 rings (SSSR count). The molecule has 0 bridgehead atoms. The van der Waals surface area contributed by atoms with E-state index in [4.69, 9.17) is 4.42 Å². The zero-order valence-electron chi connectivity index (χ0n) is 11.9. The van der Waals surface area contributed by atoms with Crippen LogP contribution < -0.4 is 5.32 Å². The van der Waals surface area contributed by atoms with Crippen LogP contribution in [0.5, 0.6) is 0 Å². The van der Waals surface area contributed by atoms with Crippen LogP contribution in [0.1, 0.15) is 31.6 Å². The summed E-state index contributed by atoms with van der Waals surface area (Å²) in [5.74, 6) is 1.86. The predicted octanol–water partition coefficient (Wildman–Crippen LogP) is 3.07. The fraction of sp³-hybridized carbons (Fsp3) is 0.400. The molecular weight excluding hydrogens is 268 g/mol. The van der Waals surface area contributed by atoms with E-state index in [0.717, 1.165) is 18.6 Å². The molecule has 110 valence electrons. The molecule has 1 saturated heterocycles. The molecule has 0 saturated carbocycles. The third-order valence-electron chi connectivity index (χ3n) is 3.80. The van der Waals surface area contributed by atoms with Gasteiger partial charge in [-0.25, -0.2) is 4.79 Å². The Labute approximate surface area is 123 Å². The minimum absolute atomic E-state index is 0.0274. The van der Waals surface area contributed by atoms with Gasteiger partial charge in [-0.05, 0) is 43.0 Å². The quantitative estimate of drug-likeness (QED) is 0.921. The summed E-state index contributed by atoms with van der Waals surface area (Å²) in [6, 6.07) is 7.05. The molecular formula is C15H18N4O2. The topological polar surface area (TPSA) is 71.3 Å². The van der Waals surface area contributed by atoms with Gasteiger partial charge in [-0.3, -0.25) is 5.32 Å². The Morgan fingerprint density at radius 3 is 3.05 bits per heavy atom. The van der Waals surface area contributed by atoms with Crippen molar-refractivity contribution in [2.45, 2.75) is 25.8 Å². The van der Waals surface area contributed by atoms with Crippen LogP contribution in [0.4, 0.5) is 10.6 Å². The molecule has 2 aromatic rings. The maximum atomic E-state index is 12.5. The van der Waals surface area contributed by atoms with Crippen molar-refractivity contribution in [2.24, 2.45) is 5.92 Å². The number of aromatic nitrogens is 2. The van der Waals surface area contributed by atoms with Gasteiger partial charge < -0.3 is 9.32 Å². The summed E-state index contributed by atoms with van der Waals surface area (Å²) in [5.41, 5.74) is 0. The second-order valence-corrected chi connectivity index (χ2v) is 5.39. The zero-order chi connectivity index (χ0) is 14.7. The van der Waals surface area contributed by atoms with Gasteiger partial charge >= 0.3 is 6.03 Å². The summed E-state index contributed by atoms with van der Waals surface area (Å²) in [7, 11) is 0. The number of carbonyl (C=O) groups excluding carboxylic acids is 1. The molecule has 2 aromatic heterocycles. The summed E-state index contributed by atoms with van der Waals surface area (Å²) < 4.78 is 5.50. The molecule has 2 amide bonds. The van der Waals surface area contributed by atoms with Crippen LogP contribution in [0.25, 0.3) is 0 Å². The van der Waals surface area contributed by atoms with Crippen molar-refractivity contribution in [1.29, 1.82) is 0 Å². The maximum absolute atomic E-state index is 12.5. The van der Waals surface area contributed by atoms with E-state index in [1.807, 2.05) is 17.0 Å². The van der Waals surface area contributed by atoms with E-state index in [2.05, 4.69) is 22.4 Å². The van der Waals surface area contributed by atoms with E-state index >= 15 is 0 Å². The van der Waals surface area contributed by atoms with Gasteiger partial charge in [0.25, 0.3) is 0 Å². The Morgan fingerprint density at radius 2 is 2.33 bits per heavy atom. The number of nitrogens with one attached hydrogen (secondary N) is 1. The molecule has 21 heavy (non-hydrogen) atoms. The van der Waals surface area contributed by atoms with Gasteiger partial charge in [0.1, 0.15) is 5.76 Å². The van der Waals surface area contributed by atoms with Crippen molar-refractivity contribution in [3.8, 4) is 0 Å². The summed E-state index contributed by atoms with van der Waals surface area (Å²) in [6.45, 7) is 2.91. The molecule has 1 fully saturated rings. The standard InChI is InChI=1S/C15H18N4O2/c1-11-6-8-19(12(10-11)13-4-3-9-21-13)15(20)17-14-5-2-7-16-18-14/h2-5,7,9,11-12H,6,8,10H2,1H3,(H,17,18,20)/t11-,12-/m0/s1. The van der Waals surface area contributed by atoms with Gasteiger partial charge in [-0.2, -0.15) is 5.10 Å². The molecule has 1 aliphatic heterocycles. The fourth-order valence-electron chi connectivity index (χ4n) is 2.68. The summed E-state index contributed by atoms with van der Waals surface area (Å²) in [6.07, 6.45) is 5.11. The maximum Gasteiger partial charge on any atom is 0.323 e.